The molecule has 1 fully saturated rings. The lowest BCUT2D eigenvalue weighted by Gasteiger charge is -2.36. The Bertz CT molecular complexity index is 1630. The number of hydrogen-bond donors (Lipinski definition) is 1. The van der Waals surface area contributed by atoms with Crippen molar-refractivity contribution in [3.63, 3.8) is 0 Å². The molecule has 0 amide bonds. The summed E-state index contributed by atoms with van der Waals surface area (Å²) in [4.78, 5) is 36.7. The second-order valence-corrected chi connectivity index (χ2v) is 9.41. The summed E-state index contributed by atoms with van der Waals surface area (Å²) >= 11 is 1.06. The van der Waals surface area contributed by atoms with Crippen molar-refractivity contribution in [2.24, 2.45) is 0 Å². The highest BCUT2D eigenvalue weighted by atomic mass is 32.1. The van der Waals surface area contributed by atoms with Crippen LogP contribution in [0, 0.1) is 5.82 Å². The highest BCUT2D eigenvalue weighted by Gasteiger charge is 2.22. The smallest absolute Gasteiger partial charge is 0.309 e. The quantitative estimate of drug-likeness (QED) is 0.343. The molecule has 0 radical (unpaired) electrons. The van der Waals surface area contributed by atoms with Gasteiger partial charge in [-0.25, -0.2) is 9.37 Å². The average Bonchev–Trinajstić information content (AvgIpc) is 3.62. The number of nitrogens with zero attached hydrogens (tertiary/aromatic N) is 7. The molecule has 0 bridgehead atoms. The van der Waals surface area contributed by atoms with E-state index >= 15 is 0 Å². The van der Waals surface area contributed by atoms with Crippen LogP contribution >= 0.6 is 11.3 Å². The zero-order chi connectivity index (χ0) is 24.8. The number of nitrogens with two attached hydrogens (primary N) is 1. The van der Waals surface area contributed by atoms with Gasteiger partial charge in [0.05, 0.1) is 12.0 Å². The Hall–Kier alpha value is -4.10. The summed E-state index contributed by atoms with van der Waals surface area (Å²) in [7, 11) is 0. The molecule has 2 N–H and O–H groups in total. The fraction of sp³-hybridized carbons (Fsp3) is 0.261. The lowest BCUT2D eigenvalue weighted by Crippen LogP contribution is -2.47. The van der Waals surface area contributed by atoms with E-state index in [1.54, 1.807) is 28.8 Å². The highest BCUT2D eigenvalue weighted by molar-refractivity contribution is 7.17. The fourth-order valence-electron chi connectivity index (χ4n) is 4.44. The van der Waals surface area contributed by atoms with Crippen LogP contribution in [0.3, 0.4) is 0 Å². The molecule has 184 valence electrons. The molecule has 4 aromatic heterocycles. The number of carbonyl (C=O) groups is 1. The van der Waals surface area contributed by atoms with Crippen molar-refractivity contribution < 1.29 is 13.6 Å². The SMILES string of the molecule is Nc1nc2c(sc(=O)n2CCN2CCN(c3ccc(C=O)cc3F)CC2)c2nc(-c3ccco3)nn12. The predicted octanol–water partition coefficient (Wildman–Crippen LogP) is 2.12. The number of piperazine rings is 1. The molecule has 11 nitrogen and oxygen atoms in total. The molecule has 1 aromatic carbocycles. The van der Waals surface area contributed by atoms with Crippen LogP contribution in [0.2, 0.25) is 0 Å². The molecule has 0 unspecified atom stereocenters. The minimum atomic E-state index is -0.400. The Balaban J connectivity index is 1.19. The summed E-state index contributed by atoms with van der Waals surface area (Å²) in [5, 5.41) is 4.37. The van der Waals surface area contributed by atoms with E-state index in [1.165, 1.54) is 16.8 Å². The molecule has 6 rings (SSSR count). The van der Waals surface area contributed by atoms with Crippen molar-refractivity contribution in [1.82, 2.24) is 29.0 Å². The Labute approximate surface area is 207 Å². The average molecular weight is 509 g/mol. The number of benzene rings is 1. The Kier molecular flexibility index (Phi) is 5.49. The van der Waals surface area contributed by atoms with Gasteiger partial charge in [-0.05, 0) is 30.3 Å². The standard InChI is InChI=1S/C23H21FN8O3S/c24-15-12-14(13-33)3-4-16(15)30-8-5-29(6-9-30)7-10-31-20-18(36-23(31)34)21-26-19(17-2-1-11-35-17)28-32(21)22(25)27-20/h1-4,11-13H,5-10H2,(H2,25,27). The van der Waals surface area contributed by atoms with E-state index in [4.69, 9.17) is 10.2 Å². The summed E-state index contributed by atoms with van der Waals surface area (Å²) in [6.07, 6.45) is 2.17. The Morgan fingerprint density at radius 1 is 1.11 bits per heavy atom. The Morgan fingerprint density at radius 2 is 1.94 bits per heavy atom. The van der Waals surface area contributed by atoms with Crippen molar-refractivity contribution in [2.45, 2.75) is 6.54 Å². The van der Waals surface area contributed by atoms with Gasteiger partial charge in [-0.15, -0.1) is 5.10 Å². The van der Waals surface area contributed by atoms with Crippen LogP contribution in [0.15, 0.2) is 45.8 Å². The van der Waals surface area contributed by atoms with E-state index in [9.17, 15) is 14.0 Å². The number of aromatic nitrogens is 5. The molecule has 1 aliphatic heterocycles. The first-order chi connectivity index (χ1) is 17.5. The number of hydrogen-bond acceptors (Lipinski definition) is 10. The first-order valence-corrected chi connectivity index (χ1v) is 12.1. The summed E-state index contributed by atoms with van der Waals surface area (Å²) in [5.41, 5.74) is 7.89. The van der Waals surface area contributed by atoms with E-state index in [1.807, 2.05) is 4.90 Å². The van der Waals surface area contributed by atoms with E-state index in [0.29, 0.717) is 84.4 Å². The molecule has 0 aliphatic carbocycles. The molecule has 1 saturated heterocycles. The predicted molar refractivity (Wildman–Crippen MR) is 133 cm³/mol. The van der Waals surface area contributed by atoms with Crippen LogP contribution in [0.4, 0.5) is 16.0 Å². The summed E-state index contributed by atoms with van der Waals surface area (Å²) in [5.74, 6) is 0.592. The molecule has 0 spiro atoms. The van der Waals surface area contributed by atoms with Gasteiger partial charge in [-0.3, -0.25) is 19.1 Å². The maximum absolute atomic E-state index is 14.4. The molecule has 36 heavy (non-hydrogen) atoms. The molecule has 1 aliphatic rings. The molecular weight excluding hydrogens is 487 g/mol. The number of anilines is 2. The first kappa shape index (κ1) is 22.4. The topological polar surface area (TPSA) is 128 Å². The number of aldehydes is 1. The summed E-state index contributed by atoms with van der Waals surface area (Å²) in [6, 6.07) is 8.01. The number of rotatable bonds is 6. The van der Waals surface area contributed by atoms with Crippen LogP contribution < -0.4 is 15.5 Å². The molecule has 0 saturated carbocycles. The van der Waals surface area contributed by atoms with Gasteiger partial charge in [-0.2, -0.15) is 9.50 Å². The van der Waals surface area contributed by atoms with Crippen molar-refractivity contribution >= 4 is 45.3 Å². The van der Waals surface area contributed by atoms with Crippen LogP contribution in [-0.4, -0.2) is 68.1 Å². The minimum absolute atomic E-state index is 0.130. The lowest BCUT2D eigenvalue weighted by atomic mass is 10.2. The number of fused-ring (bicyclic) bond motifs is 3. The molecular formula is C23H21FN8O3S. The maximum atomic E-state index is 14.4. The lowest BCUT2D eigenvalue weighted by molar-refractivity contribution is 0.112. The highest BCUT2D eigenvalue weighted by Crippen LogP contribution is 2.26. The van der Waals surface area contributed by atoms with Crippen LogP contribution in [0.25, 0.3) is 27.6 Å². The molecule has 0 atom stereocenters. The molecule has 5 heterocycles. The maximum Gasteiger partial charge on any atom is 0.309 e. The normalized spacial score (nSPS) is 14.8. The second kappa shape index (κ2) is 8.84. The zero-order valence-electron chi connectivity index (χ0n) is 19.0. The van der Waals surface area contributed by atoms with E-state index in [0.717, 1.165) is 11.3 Å². The van der Waals surface area contributed by atoms with Crippen LogP contribution in [-0.2, 0) is 6.54 Å². The summed E-state index contributed by atoms with van der Waals surface area (Å²) in [6.45, 7) is 3.76. The van der Waals surface area contributed by atoms with Gasteiger partial charge < -0.3 is 15.1 Å². The summed E-state index contributed by atoms with van der Waals surface area (Å²) < 4.78 is 23.4. The van der Waals surface area contributed by atoms with Gasteiger partial charge in [-0.1, -0.05) is 11.3 Å². The van der Waals surface area contributed by atoms with Crippen molar-refractivity contribution in [3.05, 3.63) is 57.6 Å². The number of halogens is 1. The second-order valence-electron chi connectivity index (χ2n) is 8.45. The van der Waals surface area contributed by atoms with Crippen molar-refractivity contribution in [2.75, 3.05) is 43.4 Å². The third-order valence-electron chi connectivity index (χ3n) is 6.32. The van der Waals surface area contributed by atoms with Gasteiger partial charge in [0.15, 0.2) is 17.1 Å². The largest absolute Gasteiger partial charge is 0.461 e. The monoisotopic (exact) mass is 508 g/mol. The van der Waals surface area contributed by atoms with Crippen molar-refractivity contribution in [3.8, 4) is 11.6 Å². The number of carbonyl (C=O) groups excluding carboxylic acids is 1. The van der Waals surface area contributed by atoms with Gasteiger partial charge >= 0.3 is 4.87 Å². The van der Waals surface area contributed by atoms with E-state index < -0.39 is 5.82 Å². The van der Waals surface area contributed by atoms with E-state index in [2.05, 4.69) is 20.0 Å². The number of nitrogen functional groups attached to an aromatic ring is 1. The minimum Gasteiger partial charge on any atom is -0.461 e. The first-order valence-electron chi connectivity index (χ1n) is 11.3. The van der Waals surface area contributed by atoms with Gasteiger partial charge in [0.25, 0.3) is 0 Å². The van der Waals surface area contributed by atoms with Gasteiger partial charge in [0.1, 0.15) is 16.8 Å². The zero-order valence-corrected chi connectivity index (χ0v) is 19.8. The number of thiazole rings is 1. The van der Waals surface area contributed by atoms with Gasteiger partial charge in [0.2, 0.25) is 11.8 Å². The molecule has 13 heteroatoms. The van der Waals surface area contributed by atoms with Gasteiger partial charge in [0, 0.05) is 44.8 Å². The Morgan fingerprint density at radius 3 is 2.67 bits per heavy atom. The third kappa shape index (κ3) is 3.82. The molecule has 5 aromatic rings. The van der Waals surface area contributed by atoms with E-state index in [-0.39, 0.29) is 10.8 Å². The van der Waals surface area contributed by atoms with Crippen molar-refractivity contribution in [1.29, 1.82) is 0 Å². The van der Waals surface area contributed by atoms with Crippen LogP contribution in [0.1, 0.15) is 10.4 Å². The van der Waals surface area contributed by atoms with Crippen LogP contribution in [0.5, 0.6) is 0 Å². The third-order valence-corrected chi connectivity index (χ3v) is 7.28. The fourth-order valence-corrected chi connectivity index (χ4v) is 5.38. The number of furan rings is 1.